The summed E-state index contributed by atoms with van der Waals surface area (Å²) < 4.78 is 10.0. The first-order valence-corrected chi connectivity index (χ1v) is 6.40. The van der Waals surface area contributed by atoms with E-state index in [1.807, 2.05) is 24.3 Å². The van der Waals surface area contributed by atoms with Crippen molar-refractivity contribution < 1.29 is 19.1 Å². The molecule has 4 nitrogen and oxygen atoms in total. The maximum Gasteiger partial charge on any atom is 0.306 e. The second-order valence-corrected chi connectivity index (χ2v) is 4.09. The molecule has 0 aromatic rings. The summed E-state index contributed by atoms with van der Waals surface area (Å²) in [6.07, 6.45) is 11.4. The Kier molecular flexibility index (Phi) is 7.60. The molecule has 0 saturated heterocycles. The lowest BCUT2D eigenvalue weighted by molar-refractivity contribution is -0.143. The minimum Gasteiger partial charge on any atom is -0.461 e. The molecule has 1 aliphatic rings. The van der Waals surface area contributed by atoms with Crippen LogP contribution < -0.4 is 0 Å². The molecule has 0 aliphatic carbocycles. The Hall–Kier alpha value is -1.58. The predicted molar refractivity (Wildman–Crippen MR) is 67.9 cm³/mol. The first-order chi connectivity index (χ1) is 8.79. The number of ether oxygens (including phenoxy) is 2. The molecule has 0 atom stereocenters. The third-order valence-electron chi connectivity index (χ3n) is 2.52. The lowest BCUT2D eigenvalue weighted by atomic mass is 10.2. The first kappa shape index (κ1) is 14.5. The van der Waals surface area contributed by atoms with Crippen LogP contribution in [0, 0.1) is 0 Å². The molecule has 1 aliphatic heterocycles. The summed E-state index contributed by atoms with van der Waals surface area (Å²) in [4.78, 5) is 22.5. The van der Waals surface area contributed by atoms with Crippen molar-refractivity contribution >= 4 is 11.9 Å². The average molecular weight is 252 g/mol. The first-order valence-electron chi connectivity index (χ1n) is 6.40. The van der Waals surface area contributed by atoms with Crippen molar-refractivity contribution in [1.82, 2.24) is 0 Å². The minimum absolute atomic E-state index is 0.161. The molecule has 0 radical (unpaired) electrons. The van der Waals surface area contributed by atoms with Crippen LogP contribution in [0.2, 0.25) is 0 Å². The highest BCUT2D eigenvalue weighted by atomic mass is 16.5. The molecule has 4 heteroatoms. The summed E-state index contributed by atoms with van der Waals surface area (Å²) in [5, 5.41) is 0. The van der Waals surface area contributed by atoms with Gasteiger partial charge in [-0.3, -0.25) is 9.59 Å². The normalized spacial score (nSPS) is 20.2. The van der Waals surface area contributed by atoms with Gasteiger partial charge in [0.1, 0.15) is 13.2 Å². The molecule has 1 rings (SSSR count). The fourth-order valence-electron chi connectivity index (χ4n) is 1.53. The van der Waals surface area contributed by atoms with Gasteiger partial charge in [-0.15, -0.1) is 0 Å². The highest BCUT2D eigenvalue weighted by Gasteiger charge is 2.02. The van der Waals surface area contributed by atoms with E-state index in [0.717, 1.165) is 25.7 Å². The van der Waals surface area contributed by atoms with Gasteiger partial charge in [0.15, 0.2) is 0 Å². The highest BCUT2D eigenvalue weighted by Crippen LogP contribution is 2.02. The lowest BCUT2D eigenvalue weighted by Gasteiger charge is -2.02. The van der Waals surface area contributed by atoms with E-state index in [9.17, 15) is 9.59 Å². The molecule has 0 N–H and O–H groups in total. The Balaban J connectivity index is 2.35. The zero-order valence-corrected chi connectivity index (χ0v) is 10.6. The minimum atomic E-state index is -0.161. The lowest BCUT2D eigenvalue weighted by Crippen LogP contribution is -2.05. The van der Waals surface area contributed by atoms with Crippen LogP contribution in [0.3, 0.4) is 0 Å². The maximum absolute atomic E-state index is 11.3. The quantitative estimate of drug-likeness (QED) is 0.491. The van der Waals surface area contributed by atoms with Gasteiger partial charge in [0.2, 0.25) is 0 Å². The number of allylic oxidation sites excluding steroid dienone is 2. The van der Waals surface area contributed by atoms with Gasteiger partial charge >= 0.3 is 11.9 Å². The second kappa shape index (κ2) is 9.45. The van der Waals surface area contributed by atoms with E-state index in [0.29, 0.717) is 26.1 Å². The third-order valence-corrected chi connectivity index (χ3v) is 2.52. The molecule has 0 fully saturated rings. The summed E-state index contributed by atoms with van der Waals surface area (Å²) in [7, 11) is 0. The Morgan fingerprint density at radius 2 is 1.17 bits per heavy atom. The van der Waals surface area contributed by atoms with Gasteiger partial charge in [0.25, 0.3) is 0 Å². The zero-order chi connectivity index (χ0) is 13.1. The number of carbonyl (C=O) groups excluding carboxylic acids is 2. The van der Waals surface area contributed by atoms with Crippen LogP contribution in [0.5, 0.6) is 0 Å². The number of esters is 2. The molecular formula is C14H20O4. The maximum atomic E-state index is 11.3. The van der Waals surface area contributed by atoms with Crippen molar-refractivity contribution in [2.45, 2.75) is 38.5 Å². The molecule has 0 aromatic carbocycles. The van der Waals surface area contributed by atoms with Gasteiger partial charge in [0, 0.05) is 12.8 Å². The summed E-state index contributed by atoms with van der Waals surface area (Å²) in [6, 6.07) is 0. The van der Waals surface area contributed by atoms with E-state index in [1.54, 1.807) is 0 Å². The molecule has 0 amide bonds. The van der Waals surface area contributed by atoms with Crippen molar-refractivity contribution in [2.24, 2.45) is 0 Å². The highest BCUT2D eigenvalue weighted by molar-refractivity contribution is 5.69. The number of rotatable bonds is 0. The molecule has 0 spiro atoms. The van der Waals surface area contributed by atoms with Crippen LogP contribution in [0.15, 0.2) is 24.3 Å². The number of hydrogen-bond acceptors (Lipinski definition) is 4. The predicted octanol–water partition coefficient (Wildman–Crippen LogP) is 2.54. The molecule has 0 bridgehead atoms. The van der Waals surface area contributed by atoms with Gasteiger partial charge in [-0.05, 0) is 25.7 Å². The molecule has 0 unspecified atom stereocenters. The number of cyclic esters (lactones) is 2. The van der Waals surface area contributed by atoms with Gasteiger partial charge in [-0.2, -0.15) is 0 Å². The van der Waals surface area contributed by atoms with E-state index in [2.05, 4.69) is 0 Å². The topological polar surface area (TPSA) is 52.6 Å². The summed E-state index contributed by atoms with van der Waals surface area (Å²) in [6.45, 7) is 0.637. The number of carbonyl (C=O) groups is 2. The summed E-state index contributed by atoms with van der Waals surface area (Å²) in [5.41, 5.74) is 0. The van der Waals surface area contributed by atoms with Crippen molar-refractivity contribution in [2.75, 3.05) is 13.2 Å². The van der Waals surface area contributed by atoms with Crippen molar-refractivity contribution in [3.63, 3.8) is 0 Å². The summed E-state index contributed by atoms with van der Waals surface area (Å²) >= 11 is 0. The fourth-order valence-corrected chi connectivity index (χ4v) is 1.53. The van der Waals surface area contributed by atoms with E-state index < -0.39 is 0 Å². The van der Waals surface area contributed by atoms with Crippen molar-refractivity contribution in [1.29, 1.82) is 0 Å². The fraction of sp³-hybridized carbons (Fsp3) is 0.571. The number of hydrogen-bond donors (Lipinski definition) is 0. The molecular weight excluding hydrogens is 232 g/mol. The standard InChI is InChI=1S/C14H20O4/c15-13-9-5-1-3-7-11-17-14(16)10-6-2-4-8-12-18-13/h3-4,7-8H,1-2,5-6,9-12H2. The molecule has 18 heavy (non-hydrogen) atoms. The van der Waals surface area contributed by atoms with Crippen LogP contribution in [-0.2, 0) is 19.1 Å². The van der Waals surface area contributed by atoms with Crippen LogP contribution in [-0.4, -0.2) is 25.2 Å². The monoisotopic (exact) mass is 252 g/mol. The van der Waals surface area contributed by atoms with E-state index in [1.165, 1.54) is 0 Å². The zero-order valence-electron chi connectivity index (χ0n) is 10.6. The third kappa shape index (κ3) is 7.65. The van der Waals surface area contributed by atoms with Crippen LogP contribution >= 0.6 is 0 Å². The molecule has 0 saturated carbocycles. The molecule has 100 valence electrons. The van der Waals surface area contributed by atoms with Gasteiger partial charge in [-0.1, -0.05) is 24.3 Å². The van der Waals surface area contributed by atoms with Gasteiger partial charge in [0.05, 0.1) is 0 Å². The Bertz CT molecular complexity index is 286. The SMILES string of the molecule is O=C1CCCC=CCOC(=O)CCCC=CCO1. The van der Waals surface area contributed by atoms with Crippen LogP contribution in [0.1, 0.15) is 38.5 Å². The van der Waals surface area contributed by atoms with Crippen LogP contribution in [0.4, 0.5) is 0 Å². The molecule has 1 heterocycles. The van der Waals surface area contributed by atoms with Crippen LogP contribution in [0.25, 0.3) is 0 Å². The van der Waals surface area contributed by atoms with Crippen molar-refractivity contribution in [3.8, 4) is 0 Å². The average Bonchev–Trinajstić information content (AvgIpc) is 2.35. The Labute approximate surface area is 108 Å². The second-order valence-electron chi connectivity index (χ2n) is 4.09. The smallest absolute Gasteiger partial charge is 0.306 e. The largest absolute Gasteiger partial charge is 0.461 e. The Morgan fingerprint density at radius 3 is 1.61 bits per heavy atom. The van der Waals surface area contributed by atoms with Gasteiger partial charge in [-0.25, -0.2) is 0 Å². The van der Waals surface area contributed by atoms with Crippen molar-refractivity contribution in [3.05, 3.63) is 24.3 Å². The van der Waals surface area contributed by atoms with E-state index in [4.69, 9.17) is 9.47 Å². The van der Waals surface area contributed by atoms with Gasteiger partial charge < -0.3 is 9.47 Å². The summed E-state index contributed by atoms with van der Waals surface area (Å²) in [5.74, 6) is -0.321. The Morgan fingerprint density at radius 1 is 0.722 bits per heavy atom. The molecule has 0 aromatic heterocycles. The van der Waals surface area contributed by atoms with E-state index in [-0.39, 0.29) is 11.9 Å². The van der Waals surface area contributed by atoms with E-state index >= 15 is 0 Å².